The number of carbonyl (C=O) groups is 2. The van der Waals surface area contributed by atoms with Gasteiger partial charge in [0.25, 0.3) is 11.8 Å². The molecule has 1 N–H and O–H groups in total. The number of amides is 2. The molecule has 0 unspecified atom stereocenters. The molecule has 31 heavy (non-hydrogen) atoms. The largest absolute Gasteiger partial charge is 0.489 e. The van der Waals surface area contributed by atoms with Gasteiger partial charge in [0.15, 0.2) is 5.11 Å². The van der Waals surface area contributed by atoms with Gasteiger partial charge in [-0.2, -0.15) is 0 Å². The van der Waals surface area contributed by atoms with Crippen molar-refractivity contribution in [2.24, 2.45) is 0 Å². The summed E-state index contributed by atoms with van der Waals surface area (Å²) in [5.74, 6) is -0.271. The summed E-state index contributed by atoms with van der Waals surface area (Å²) in [6.07, 6.45) is 1.55. The second-order valence-electron chi connectivity index (χ2n) is 6.78. The van der Waals surface area contributed by atoms with Crippen molar-refractivity contribution in [2.45, 2.75) is 6.61 Å². The molecule has 3 aromatic rings. The Labute approximate surface area is 198 Å². The molecule has 0 atom stereocenters. The highest BCUT2D eigenvalue weighted by molar-refractivity contribution is 14.1. The van der Waals surface area contributed by atoms with Crippen LogP contribution in [0.15, 0.2) is 84.4 Å². The van der Waals surface area contributed by atoms with Gasteiger partial charge in [0.05, 0.1) is 5.69 Å². The number of ether oxygens (including phenoxy) is 1. The molecule has 154 valence electrons. The summed E-state index contributed by atoms with van der Waals surface area (Å²) in [6, 6.07) is 24.3. The molecule has 5 nitrogen and oxygen atoms in total. The standard InChI is InChI=1S/C24H17IN2O3S/c25-18-10-6-17(7-11-18)15-30-20-12-8-16(9-13-20)14-21-22(28)26-24(31)27(23(21)29)19-4-2-1-3-5-19/h1-14H,15H2,(H,26,28,31)/b21-14+. The maximum atomic E-state index is 13.0. The molecule has 0 aliphatic carbocycles. The lowest BCUT2D eigenvalue weighted by Gasteiger charge is -2.28. The number of nitrogens with zero attached hydrogens (tertiary/aromatic N) is 1. The number of nitrogens with one attached hydrogen (secondary N) is 1. The molecule has 0 saturated carbocycles. The third-order valence-corrected chi connectivity index (χ3v) is 5.63. The average Bonchev–Trinajstić information content (AvgIpc) is 2.78. The maximum Gasteiger partial charge on any atom is 0.270 e. The lowest BCUT2D eigenvalue weighted by molar-refractivity contribution is -0.122. The molecule has 2 amide bonds. The van der Waals surface area contributed by atoms with Crippen LogP contribution in [0.1, 0.15) is 11.1 Å². The van der Waals surface area contributed by atoms with E-state index in [4.69, 9.17) is 17.0 Å². The molecule has 1 aliphatic heterocycles. The first-order valence-corrected chi connectivity index (χ1v) is 10.9. The summed E-state index contributed by atoms with van der Waals surface area (Å²) in [4.78, 5) is 26.7. The molecular formula is C24H17IN2O3S. The first-order chi connectivity index (χ1) is 15.0. The van der Waals surface area contributed by atoms with Crippen molar-refractivity contribution >= 4 is 63.5 Å². The van der Waals surface area contributed by atoms with Crippen LogP contribution >= 0.6 is 34.8 Å². The van der Waals surface area contributed by atoms with Crippen molar-refractivity contribution in [3.63, 3.8) is 0 Å². The van der Waals surface area contributed by atoms with Gasteiger partial charge >= 0.3 is 0 Å². The Kier molecular flexibility index (Phi) is 6.43. The second-order valence-corrected chi connectivity index (χ2v) is 8.41. The lowest BCUT2D eigenvalue weighted by Crippen LogP contribution is -2.54. The number of rotatable bonds is 5. The minimum Gasteiger partial charge on any atom is -0.489 e. The Morgan fingerprint density at radius 3 is 2.29 bits per heavy atom. The SMILES string of the molecule is O=C1NC(=S)N(c2ccccc2)C(=O)/C1=C/c1ccc(OCc2ccc(I)cc2)cc1. The Bertz CT molecular complexity index is 1160. The fraction of sp³-hybridized carbons (Fsp3) is 0.0417. The number of hydrogen-bond donors (Lipinski definition) is 1. The topological polar surface area (TPSA) is 58.6 Å². The van der Waals surface area contributed by atoms with Crippen LogP contribution in [0.3, 0.4) is 0 Å². The molecule has 1 heterocycles. The number of anilines is 1. The van der Waals surface area contributed by atoms with Crippen molar-refractivity contribution in [1.29, 1.82) is 0 Å². The molecule has 4 rings (SSSR count). The van der Waals surface area contributed by atoms with Crippen molar-refractivity contribution in [3.05, 3.63) is 99.1 Å². The van der Waals surface area contributed by atoms with E-state index in [0.717, 1.165) is 5.56 Å². The van der Waals surface area contributed by atoms with Gasteiger partial charge in [-0.3, -0.25) is 19.8 Å². The van der Waals surface area contributed by atoms with Crippen LogP contribution in [0.5, 0.6) is 5.75 Å². The van der Waals surface area contributed by atoms with Crippen LogP contribution in [-0.4, -0.2) is 16.9 Å². The number of hydrogen-bond acceptors (Lipinski definition) is 4. The zero-order valence-corrected chi connectivity index (χ0v) is 19.2. The molecule has 1 fully saturated rings. The average molecular weight is 540 g/mol. The molecule has 3 aromatic carbocycles. The van der Waals surface area contributed by atoms with Gasteiger partial charge in [0.2, 0.25) is 0 Å². The number of benzene rings is 3. The summed E-state index contributed by atoms with van der Waals surface area (Å²) < 4.78 is 6.99. The third-order valence-electron chi connectivity index (χ3n) is 4.63. The van der Waals surface area contributed by atoms with E-state index in [-0.39, 0.29) is 10.7 Å². The maximum absolute atomic E-state index is 13.0. The monoisotopic (exact) mass is 540 g/mol. The van der Waals surface area contributed by atoms with E-state index < -0.39 is 11.8 Å². The lowest BCUT2D eigenvalue weighted by atomic mass is 10.1. The summed E-state index contributed by atoms with van der Waals surface area (Å²) in [5, 5.41) is 2.65. The molecule has 0 bridgehead atoms. The van der Waals surface area contributed by atoms with Crippen LogP contribution < -0.4 is 15.0 Å². The second kappa shape index (κ2) is 9.40. The Morgan fingerprint density at radius 1 is 0.935 bits per heavy atom. The summed E-state index contributed by atoms with van der Waals surface area (Å²) in [6.45, 7) is 0.460. The predicted octanol–water partition coefficient (Wildman–Crippen LogP) is 4.70. The van der Waals surface area contributed by atoms with Crippen LogP contribution in [-0.2, 0) is 16.2 Å². The summed E-state index contributed by atoms with van der Waals surface area (Å²) >= 11 is 7.47. The fourth-order valence-corrected chi connectivity index (χ4v) is 3.68. The number of para-hydroxylation sites is 1. The van der Waals surface area contributed by atoms with Crippen LogP contribution in [0.25, 0.3) is 6.08 Å². The van der Waals surface area contributed by atoms with Gasteiger partial charge in [-0.1, -0.05) is 42.5 Å². The first kappa shape index (κ1) is 21.2. The van der Waals surface area contributed by atoms with Gasteiger partial charge in [0.1, 0.15) is 17.9 Å². The number of carbonyl (C=O) groups excluding carboxylic acids is 2. The predicted molar refractivity (Wildman–Crippen MR) is 133 cm³/mol. The molecule has 7 heteroatoms. The van der Waals surface area contributed by atoms with Gasteiger partial charge in [-0.15, -0.1) is 0 Å². The zero-order valence-electron chi connectivity index (χ0n) is 16.2. The number of halogens is 1. The third kappa shape index (κ3) is 5.00. The van der Waals surface area contributed by atoms with E-state index in [9.17, 15) is 9.59 Å². The smallest absolute Gasteiger partial charge is 0.270 e. The van der Waals surface area contributed by atoms with E-state index in [2.05, 4.69) is 27.9 Å². The van der Waals surface area contributed by atoms with Crippen molar-refractivity contribution in [1.82, 2.24) is 5.32 Å². The minimum atomic E-state index is -0.513. The van der Waals surface area contributed by atoms with E-state index in [1.807, 2.05) is 42.5 Å². The molecule has 1 aliphatic rings. The highest BCUT2D eigenvalue weighted by atomic mass is 127. The van der Waals surface area contributed by atoms with E-state index >= 15 is 0 Å². The fourth-order valence-electron chi connectivity index (χ4n) is 3.04. The van der Waals surface area contributed by atoms with E-state index in [0.29, 0.717) is 23.6 Å². The zero-order chi connectivity index (χ0) is 21.8. The van der Waals surface area contributed by atoms with Crippen LogP contribution in [0.2, 0.25) is 0 Å². The van der Waals surface area contributed by atoms with Gasteiger partial charge < -0.3 is 4.74 Å². The summed E-state index contributed by atoms with van der Waals surface area (Å²) in [7, 11) is 0. The number of thiocarbonyl (C=S) groups is 1. The van der Waals surface area contributed by atoms with Crippen molar-refractivity contribution < 1.29 is 14.3 Å². The first-order valence-electron chi connectivity index (χ1n) is 9.45. The molecule has 0 aromatic heterocycles. The van der Waals surface area contributed by atoms with Crippen LogP contribution in [0, 0.1) is 3.57 Å². The highest BCUT2D eigenvalue weighted by Gasteiger charge is 2.34. The Morgan fingerprint density at radius 2 is 1.61 bits per heavy atom. The molecular weight excluding hydrogens is 523 g/mol. The van der Waals surface area contributed by atoms with Gasteiger partial charge in [-0.25, -0.2) is 0 Å². The van der Waals surface area contributed by atoms with Crippen molar-refractivity contribution in [2.75, 3.05) is 4.90 Å². The molecule has 0 radical (unpaired) electrons. The van der Waals surface area contributed by atoms with E-state index in [1.54, 1.807) is 42.5 Å². The van der Waals surface area contributed by atoms with E-state index in [1.165, 1.54) is 8.47 Å². The van der Waals surface area contributed by atoms with Crippen LogP contribution in [0.4, 0.5) is 5.69 Å². The normalized spacial score (nSPS) is 15.2. The highest BCUT2D eigenvalue weighted by Crippen LogP contribution is 2.22. The van der Waals surface area contributed by atoms with Gasteiger partial charge in [-0.05, 0) is 88.4 Å². The van der Waals surface area contributed by atoms with Gasteiger partial charge in [0, 0.05) is 3.57 Å². The Balaban J connectivity index is 1.50. The minimum absolute atomic E-state index is 0.0185. The molecule has 0 spiro atoms. The van der Waals surface area contributed by atoms with Crippen molar-refractivity contribution in [3.8, 4) is 5.75 Å². The summed E-state index contributed by atoms with van der Waals surface area (Å²) in [5.41, 5.74) is 2.40. The Hall–Kier alpha value is -3.04. The molecule has 1 saturated heterocycles. The quantitative estimate of drug-likeness (QED) is 0.221.